The lowest BCUT2D eigenvalue weighted by Crippen LogP contribution is -2.37. The number of hydrogen-bond donors (Lipinski definition) is 2. The maximum atomic E-state index is 12.1. The van der Waals surface area contributed by atoms with Gasteiger partial charge >= 0.3 is 0 Å². The van der Waals surface area contributed by atoms with Crippen LogP contribution in [0, 0.1) is 0 Å². The van der Waals surface area contributed by atoms with Crippen LogP contribution in [0.4, 0.5) is 5.82 Å². The summed E-state index contributed by atoms with van der Waals surface area (Å²) in [5.74, 6) is 0.639. The average Bonchev–Trinajstić information content (AvgIpc) is 2.46. The molecule has 1 rings (SSSR count). The predicted octanol–water partition coefficient (Wildman–Crippen LogP) is 1.13. The van der Waals surface area contributed by atoms with Crippen LogP contribution >= 0.6 is 0 Å². The van der Waals surface area contributed by atoms with Crippen molar-refractivity contribution in [3.63, 3.8) is 0 Å². The zero-order chi connectivity index (χ0) is 15.2. The van der Waals surface area contributed by atoms with Gasteiger partial charge in [0.1, 0.15) is 10.7 Å². The van der Waals surface area contributed by atoms with Crippen LogP contribution in [0.15, 0.2) is 23.2 Å². The molecule has 1 aromatic heterocycles. The number of anilines is 1. The van der Waals surface area contributed by atoms with Crippen molar-refractivity contribution in [2.75, 3.05) is 32.5 Å². The molecule has 0 amide bonds. The van der Waals surface area contributed by atoms with Gasteiger partial charge in [0.05, 0.1) is 0 Å². The number of hydrogen-bond acceptors (Lipinski definition) is 5. The minimum Gasteiger partial charge on any atom is -0.373 e. The second-order valence-electron chi connectivity index (χ2n) is 4.76. The van der Waals surface area contributed by atoms with Gasteiger partial charge in [0, 0.05) is 32.4 Å². The van der Waals surface area contributed by atoms with Gasteiger partial charge in [-0.1, -0.05) is 6.92 Å². The molecule has 0 saturated carbocycles. The smallest absolute Gasteiger partial charge is 0.242 e. The predicted molar refractivity (Wildman–Crippen MR) is 81.4 cm³/mol. The third-order valence-corrected chi connectivity index (χ3v) is 4.85. The minimum atomic E-state index is -3.48. The zero-order valence-corrected chi connectivity index (χ0v) is 13.4. The van der Waals surface area contributed by atoms with Gasteiger partial charge in [-0.3, -0.25) is 0 Å². The van der Waals surface area contributed by atoms with Gasteiger partial charge in [-0.15, -0.1) is 0 Å². The summed E-state index contributed by atoms with van der Waals surface area (Å²) in [4.78, 5) is 6.32. The number of likely N-dealkylation sites (N-methyl/N-ethyl adjacent to an activating group) is 1. The van der Waals surface area contributed by atoms with Crippen molar-refractivity contribution in [2.24, 2.45) is 0 Å². The van der Waals surface area contributed by atoms with Crippen molar-refractivity contribution in [1.82, 2.24) is 14.6 Å². The Kier molecular flexibility index (Phi) is 6.38. The molecule has 7 heteroatoms. The Balaban J connectivity index is 2.57. The van der Waals surface area contributed by atoms with Crippen molar-refractivity contribution in [3.8, 4) is 0 Å². The first-order valence-electron chi connectivity index (χ1n) is 6.74. The molecule has 1 heterocycles. The van der Waals surface area contributed by atoms with Crippen molar-refractivity contribution in [3.05, 3.63) is 18.3 Å². The number of nitrogens with zero attached hydrogens (tertiary/aromatic N) is 2. The molecular formula is C13H24N4O2S. The number of pyridine rings is 1. The number of nitrogens with one attached hydrogen (secondary N) is 2. The van der Waals surface area contributed by atoms with E-state index in [1.807, 2.05) is 7.05 Å². The molecule has 114 valence electrons. The highest BCUT2D eigenvalue weighted by Gasteiger charge is 2.14. The van der Waals surface area contributed by atoms with E-state index in [1.54, 1.807) is 19.2 Å². The SMILES string of the molecule is CCC(C)N(C)CCNS(=O)(=O)c1ccc(NC)nc1. The van der Waals surface area contributed by atoms with Crippen molar-refractivity contribution < 1.29 is 8.42 Å². The molecule has 0 aliphatic rings. The quantitative estimate of drug-likeness (QED) is 0.753. The van der Waals surface area contributed by atoms with E-state index in [0.29, 0.717) is 24.9 Å². The molecular weight excluding hydrogens is 276 g/mol. The Morgan fingerprint density at radius 1 is 1.40 bits per heavy atom. The molecule has 0 aliphatic heterocycles. The summed E-state index contributed by atoms with van der Waals surface area (Å²) in [5.41, 5.74) is 0. The van der Waals surface area contributed by atoms with E-state index in [9.17, 15) is 8.42 Å². The fraction of sp³-hybridized carbons (Fsp3) is 0.615. The van der Waals surface area contributed by atoms with Gasteiger partial charge in [0.15, 0.2) is 0 Å². The molecule has 1 unspecified atom stereocenters. The van der Waals surface area contributed by atoms with E-state index in [4.69, 9.17) is 0 Å². The van der Waals surface area contributed by atoms with Crippen LogP contribution in [-0.2, 0) is 10.0 Å². The van der Waals surface area contributed by atoms with Gasteiger partial charge in [-0.2, -0.15) is 0 Å². The maximum Gasteiger partial charge on any atom is 0.242 e. The van der Waals surface area contributed by atoms with Crippen LogP contribution in [0.25, 0.3) is 0 Å². The van der Waals surface area contributed by atoms with Crippen molar-refractivity contribution >= 4 is 15.8 Å². The highest BCUT2D eigenvalue weighted by atomic mass is 32.2. The molecule has 0 aliphatic carbocycles. The van der Waals surface area contributed by atoms with Gasteiger partial charge in [0.25, 0.3) is 0 Å². The highest BCUT2D eigenvalue weighted by molar-refractivity contribution is 7.89. The topological polar surface area (TPSA) is 74.3 Å². The summed E-state index contributed by atoms with van der Waals surface area (Å²) < 4.78 is 26.7. The Morgan fingerprint density at radius 2 is 2.10 bits per heavy atom. The van der Waals surface area contributed by atoms with E-state index in [2.05, 4.69) is 33.8 Å². The van der Waals surface area contributed by atoms with E-state index in [0.717, 1.165) is 6.42 Å². The fourth-order valence-corrected chi connectivity index (χ4v) is 2.62. The summed E-state index contributed by atoms with van der Waals surface area (Å²) in [5, 5.41) is 2.85. The molecule has 1 aromatic rings. The highest BCUT2D eigenvalue weighted by Crippen LogP contribution is 2.09. The van der Waals surface area contributed by atoms with Crippen molar-refractivity contribution in [2.45, 2.75) is 31.2 Å². The van der Waals surface area contributed by atoms with Crippen LogP contribution in [0.5, 0.6) is 0 Å². The number of aromatic nitrogens is 1. The van der Waals surface area contributed by atoms with E-state index in [1.165, 1.54) is 6.20 Å². The Hall–Kier alpha value is -1.18. The second kappa shape index (κ2) is 7.56. The first-order valence-corrected chi connectivity index (χ1v) is 8.22. The Morgan fingerprint density at radius 3 is 2.60 bits per heavy atom. The lowest BCUT2D eigenvalue weighted by atomic mass is 10.2. The van der Waals surface area contributed by atoms with Gasteiger partial charge in [-0.05, 0) is 32.5 Å². The molecule has 2 N–H and O–H groups in total. The second-order valence-corrected chi connectivity index (χ2v) is 6.53. The summed E-state index contributed by atoms with van der Waals surface area (Å²) in [7, 11) is 0.247. The average molecular weight is 300 g/mol. The lowest BCUT2D eigenvalue weighted by Gasteiger charge is -2.23. The van der Waals surface area contributed by atoms with Crippen LogP contribution in [-0.4, -0.2) is 51.5 Å². The Bertz CT molecular complexity index is 502. The molecule has 6 nitrogen and oxygen atoms in total. The molecule has 0 aromatic carbocycles. The van der Waals surface area contributed by atoms with Crippen molar-refractivity contribution in [1.29, 1.82) is 0 Å². The molecule has 0 bridgehead atoms. The zero-order valence-electron chi connectivity index (χ0n) is 12.5. The van der Waals surface area contributed by atoms with Gasteiger partial charge in [0.2, 0.25) is 10.0 Å². The minimum absolute atomic E-state index is 0.183. The summed E-state index contributed by atoms with van der Waals surface area (Å²) in [6.45, 7) is 5.29. The molecule has 0 saturated heterocycles. The number of sulfonamides is 1. The maximum absolute atomic E-state index is 12.1. The first kappa shape index (κ1) is 16.9. The van der Waals surface area contributed by atoms with Crippen LogP contribution in [0.2, 0.25) is 0 Å². The standard InChI is InChI=1S/C13H24N4O2S/c1-5-11(2)17(4)9-8-16-20(18,19)12-6-7-13(14-3)15-10-12/h6-7,10-11,16H,5,8-9H2,1-4H3,(H,14,15). The third-order valence-electron chi connectivity index (χ3n) is 3.40. The molecule has 0 fully saturated rings. The number of rotatable bonds is 8. The van der Waals surface area contributed by atoms with E-state index in [-0.39, 0.29) is 4.90 Å². The van der Waals surface area contributed by atoms with Crippen LogP contribution in [0.3, 0.4) is 0 Å². The van der Waals surface area contributed by atoms with Crippen LogP contribution < -0.4 is 10.0 Å². The normalized spacial score (nSPS) is 13.4. The first-order chi connectivity index (χ1) is 9.40. The van der Waals surface area contributed by atoms with E-state index >= 15 is 0 Å². The summed E-state index contributed by atoms with van der Waals surface area (Å²) in [6.07, 6.45) is 2.39. The third kappa shape index (κ3) is 4.73. The van der Waals surface area contributed by atoms with E-state index < -0.39 is 10.0 Å². The van der Waals surface area contributed by atoms with Gasteiger partial charge < -0.3 is 10.2 Å². The molecule has 1 atom stereocenters. The fourth-order valence-electron chi connectivity index (χ4n) is 1.66. The summed E-state index contributed by atoms with van der Waals surface area (Å²) in [6, 6.07) is 3.62. The summed E-state index contributed by atoms with van der Waals surface area (Å²) >= 11 is 0. The van der Waals surface area contributed by atoms with Crippen LogP contribution in [0.1, 0.15) is 20.3 Å². The molecule has 0 radical (unpaired) electrons. The Labute approximate surface area is 121 Å². The largest absolute Gasteiger partial charge is 0.373 e. The monoisotopic (exact) mass is 300 g/mol. The van der Waals surface area contributed by atoms with Gasteiger partial charge in [-0.25, -0.2) is 18.1 Å². The molecule has 20 heavy (non-hydrogen) atoms. The lowest BCUT2D eigenvalue weighted by molar-refractivity contribution is 0.256. The molecule has 0 spiro atoms.